The summed E-state index contributed by atoms with van der Waals surface area (Å²) >= 11 is 0. The van der Waals surface area contributed by atoms with E-state index in [1.807, 2.05) is 4.98 Å². The van der Waals surface area contributed by atoms with Crippen LogP contribution in [-0.2, 0) is 10.1 Å². The summed E-state index contributed by atoms with van der Waals surface area (Å²) < 4.78 is 57.5. The first-order valence-electron chi connectivity index (χ1n) is 3.36. The fraction of sp³-hybridized carbons (Fsp3) is 0.200. The van der Waals surface area contributed by atoms with E-state index < -0.39 is 21.3 Å². The van der Waals surface area contributed by atoms with Crippen molar-refractivity contribution in [2.45, 2.75) is 5.51 Å². The van der Waals surface area contributed by atoms with Gasteiger partial charge >= 0.3 is 21.3 Å². The highest BCUT2D eigenvalue weighted by molar-refractivity contribution is 7.86. The minimum Gasteiger partial charge on any atom is -0.314 e. The van der Waals surface area contributed by atoms with E-state index in [-0.39, 0.29) is 5.56 Å². The number of aromatic amines is 2. The van der Waals surface area contributed by atoms with Crippen molar-refractivity contribution >= 4 is 10.1 Å². The molecule has 0 amide bonds. The fourth-order valence-electron chi connectivity index (χ4n) is 0.383. The number of aromatic nitrogens is 2. The van der Waals surface area contributed by atoms with Crippen LogP contribution < -0.4 is 11.2 Å². The molecule has 16 heavy (non-hydrogen) atoms. The van der Waals surface area contributed by atoms with Gasteiger partial charge in [0, 0.05) is 12.3 Å². The van der Waals surface area contributed by atoms with E-state index in [0.717, 1.165) is 0 Å². The third kappa shape index (κ3) is 5.31. The second-order valence-corrected chi connectivity index (χ2v) is 3.63. The average molecular weight is 262 g/mol. The van der Waals surface area contributed by atoms with Gasteiger partial charge in [0.05, 0.1) is 0 Å². The van der Waals surface area contributed by atoms with Gasteiger partial charge in [0.25, 0.3) is 5.56 Å². The summed E-state index contributed by atoms with van der Waals surface area (Å²) in [7, 11) is -5.84. The molecule has 1 aromatic rings. The molecular weight excluding hydrogens is 257 g/mol. The number of rotatable bonds is 0. The van der Waals surface area contributed by atoms with Crippen molar-refractivity contribution in [1.29, 1.82) is 0 Å². The normalized spacial score (nSPS) is 11.5. The highest BCUT2D eigenvalue weighted by Crippen LogP contribution is 2.20. The molecule has 0 spiro atoms. The van der Waals surface area contributed by atoms with Crippen LogP contribution in [-0.4, -0.2) is 28.4 Å². The molecule has 1 heterocycles. The van der Waals surface area contributed by atoms with Crippen LogP contribution in [0.4, 0.5) is 13.2 Å². The van der Waals surface area contributed by atoms with Gasteiger partial charge in [-0.2, -0.15) is 21.6 Å². The SMILES string of the molecule is O=S(=O)(O)C(F)(F)F.O=c1cc[nH]c(=O)[nH]1. The van der Waals surface area contributed by atoms with Crippen molar-refractivity contribution in [3.8, 4) is 0 Å². The summed E-state index contributed by atoms with van der Waals surface area (Å²) in [6.07, 6.45) is 1.29. The second kappa shape index (κ2) is 4.94. The van der Waals surface area contributed by atoms with Crippen LogP contribution in [0.3, 0.4) is 0 Å². The fourth-order valence-corrected chi connectivity index (χ4v) is 0.383. The zero-order valence-corrected chi connectivity index (χ0v) is 8.09. The van der Waals surface area contributed by atoms with E-state index in [2.05, 4.69) is 4.98 Å². The lowest BCUT2D eigenvalue weighted by Crippen LogP contribution is -2.21. The van der Waals surface area contributed by atoms with Gasteiger partial charge in [-0.05, 0) is 0 Å². The molecule has 1 aromatic heterocycles. The van der Waals surface area contributed by atoms with Gasteiger partial charge in [-0.3, -0.25) is 14.3 Å². The van der Waals surface area contributed by atoms with E-state index in [4.69, 9.17) is 13.0 Å². The molecule has 1 rings (SSSR count). The lowest BCUT2D eigenvalue weighted by molar-refractivity contribution is -0.0510. The summed E-state index contributed by atoms with van der Waals surface area (Å²) in [5, 5.41) is 0. The van der Waals surface area contributed by atoms with E-state index >= 15 is 0 Å². The van der Waals surface area contributed by atoms with E-state index in [9.17, 15) is 22.8 Å². The van der Waals surface area contributed by atoms with E-state index in [1.165, 1.54) is 12.3 Å². The number of hydrogen-bond donors (Lipinski definition) is 3. The Balaban J connectivity index is 0.000000281. The molecule has 0 unspecified atom stereocenters. The molecule has 11 heteroatoms. The third-order valence-corrected chi connectivity index (χ3v) is 1.56. The Kier molecular flexibility index (Phi) is 4.44. The average Bonchev–Trinajstić information content (AvgIpc) is 2.00. The quantitative estimate of drug-likeness (QED) is 0.428. The second-order valence-electron chi connectivity index (χ2n) is 2.22. The number of alkyl halides is 3. The Morgan fingerprint density at radius 1 is 1.25 bits per heavy atom. The molecule has 92 valence electrons. The summed E-state index contributed by atoms with van der Waals surface area (Å²) in [5.41, 5.74) is -6.39. The molecule has 0 atom stereocenters. The Labute approximate surface area is 85.7 Å². The van der Waals surface area contributed by atoms with Gasteiger partial charge in [-0.15, -0.1) is 0 Å². The number of halogens is 3. The predicted octanol–water partition coefficient (Wildman–Crippen LogP) is -0.543. The van der Waals surface area contributed by atoms with Crippen molar-refractivity contribution in [2.24, 2.45) is 0 Å². The summed E-state index contributed by atoms with van der Waals surface area (Å²) in [6, 6.07) is 1.24. The van der Waals surface area contributed by atoms with E-state index in [0.29, 0.717) is 0 Å². The monoisotopic (exact) mass is 262 g/mol. The standard InChI is InChI=1S/C4H4N2O2.CHF3O3S/c7-3-1-2-5-4(8)6-3;2-1(3,4)8(5,6)7/h1-2H,(H2,5,6,7,8);(H,5,6,7). The Morgan fingerprint density at radius 2 is 1.69 bits per heavy atom. The molecule has 3 N–H and O–H groups in total. The largest absolute Gasteiger partial charge is 0.522 e. The first-order valence-corrected chi connectivity index (χ1v) is 4.80. The molecule has 0 radical (unpaired) electrons. The number of nitrogens with one attached hydrogen (secondary N) is 2. The van der Waals surface area contributed by atoms with Crippen LogP contribution in [0.5, 0.6) is 0 Å². The van der Waals surface area contributed by atoms with Crippen molar-refractivity contribution < 1.29 is 26.1 Å². The molecule has 0 aliphatic rings. The maximum Gasteiger partial charge on any atom is 0.522 e. The van der Waals surface area contributed by atoms with Crippen molar-refractivity contribution in [3.05, 3.63) is 33.1 Å². The maximum absolute atomic E-state index is 10.7. The molecule has 0 fully saturated rings. The highest BCUT2D eigenvalue weighted by Gasteiger charge is 2.44. The van der Waals surface area contributed by atoms with Crippen LogP contribution >= 0.6 is 0 Å². The summed E-state index contributed by atoms with van der Waals surface area (Å²) in [6.45, 7) is 0. The molecule has 0 aliphatic carbocycles. The van der Waals surface area contributed by atoms with Crippen molar-refractivity contribution in [3.63, 3.8) is 0 Å². The van der Waals surface area contributed by atoms with Gasteiger partial charge in [0.2, 0.25) is 0 Å². The molecule has 7 nitrogen and oxygen atoms in total. The topological polar surface area (TPSA) is 120 Å². The smallest absolute Gasteiger partial charge is 0.314 e. The van der Waals surface area contributed by atoms with Crippen LogP contribution in [0.1, 0.15) is 0 Å². The molecule has 0 bridgehead atoms. The first kappa shape index (κ1) is 14.4. The van der Waals surface area contributed by atoms with Crippen LogP contribution in [0.2, 0.25) is 0 Å². The Hall–Kier alpha value is -1.62. The molecule has 0 aliphatic heterocycles. The molecule has 0 aromatic carbocycles. The highest BCUT2D eigenvalue weighted by atomic mass is 32.2. The Bertz CT molecular complexity index is 517. The van der Waals surface area contributed by atoms with Crippen molar-refractivity contribution in [1.82, 2.24) is 9.97 Å². The van der Waals surface area contributed by atoms with Crippen LogP contribution in [0, 0.1) is 0 Å². The molecular formula is C5H5F3N2O5S. The Morgan fingerprint density at radius 3 is 1.88 bits per heavy atom. The van der Waals surface area contributed by atoms with Gasteiger partial charge < -0.3 is 4.98 Å². The minimum absolute atomic E-state index is 0.381. The van der Waals surface area contributed by atoms with Crippen molar-refractivity contribution in [2.75, 3.05) is 0 Å². The maximum atomic E-state index is 10.7. The molecule has 0 saturated heterocycles. The lowest BCUT2D eigenvalue weighted by Gasteiger charge is -1.97. The van der Waals surface area contributed by atoms with Gasteiger partial charge in [-0.1, -0.05) is 0 Å². The minimum atomic E-state index is -5.84. The van der Waals surface area contributed by atoms with Crippen LogP contribution in [0.25, 0.3) is 0 Å². The number of hydrogen-bond acceptors (Lipinski definition) is 4. The number of H-pyrrole nitrogens is 2. The van der Waals surface area contributed by atoms with Gasteiger partial charge in [0.15, 0.2) is 0 Å². The first-order chi connectivity index (χ1) is 7.04. The van der Waals surface area contributed by atoms with Gasteiger partial charge in [-0.25, -0.2) is 4.79 Å². The van der Waals surface area contributed by atoms with Crippen LogP contribution in [0.15, 0.2) is 21.9 Å². The van der Waals surface area contributed by atoms with Gasteiger partial charge in [0.1, 0.15) is 0 Å². The summed E-state index contributed by atoms with van der Waals surface area (Å²) in [4.78, 5) is 24.7. The van der Waals surface area contributed by atoms with E-state index in [1.54, 1.807) is 0 Å². The third-order valence-electron chi connectivity index (χ3n) is 0.978. The summed E-state index contributed by atoms with van der Waals surface area (Å²) in [5.74, 6) is 0. The lowest BCUT2D eigenvalue weighted by atomic mass is 10.7. The molecule has 0 saturated carbocycles. The predicted molar refractivity (Wildman–Crippen MR) is 45.3 cm³/mol. The zero-order chi connectivity index (χ0) is 13.0. The zero-order valence-electron chi connectivity index (χ0n) is 7.28.